The Morgan fingerprint density at radius 2 is 2.06 bits per heavy atom. The zero-order valence-corrected chi connectivity index (χ0v) is 11.5. The number of aryl methyl sites for hydroxylation is 2. The van der Waals surface area contributed by atoms with Crippen molar-refractivity contribution in [3.05, 3.63) is 17.5 Å². The highest BCUT2D eigenvalue weighted by Gasteiger charge is 2.12. The SMILES string of the molecule is Cc1cc(C)nc(SCCC2CCCCN2)n1. The summed E-state index contributed by atoms with van der Waals surface area (Å²) >= 11 is 1.78. The Bertz CT molecular complexity index is 341. The predicted molar refractivity (Wildman–Crippen MR) is 72.5 cm³/mol. The van der Waals surface area contributed by atoms with Crippen LogP contribution in [-0.2, 0) is 0 Å². The summed E-state index contributed by atoms with van der Waals surface area (Å²) in [5, 5.41) is 4.50. The fourth-order valence-electron chi connectivity index (χ4n) is 2.22. The second kappa shape index (κ2) is 6.36. The molecule has 1 aliphatic rings. The van der Waals surface area contributed by atoms with Gasteiger partial charge in [0, 0.05) is 23.2 Å². The van der Waals surface area contributed by atoms with Gasteiger partial charge in [0.25, 0.3) is 0 Å². The van der Waals surface area contributed by atoms with Gasteiger partial charge in [-0.15, -0.1) is 0 Å². The Kier molecular flexibility index (Phi) is 4.80. The summed E-state index contributed by atoms with van der Waals surface area (Å²) in [4.78, 5) is 8.90. The maximum Gasteiger partial charge on any atom is 0.187 e. The summed E-state index contributed by atoms with van der Waals surface area (Å²) in [7, 11) is 0. The fraction of sp³-hybridized carbons (Fsp3) is 0.692. The van der Waals surface area contributed by atoms with Crippen LogP contribution in [0, 0.1) is 13.8 Å². The maximum absolute atomic E-state index is 4.45. The van der Waals surface area contributed by atoms with Crippen LogP contribution in [0.3, 0.4) is 0 Å². The van der Waals surface area contributed by atoms with Crippen molar-refractivity contribution >= 4 is 11.8 Å². The second-order valence-corrected chi connectivity index (χ2v) is 5.78. The third-order valence-corrected chi connectivity index (χ3v) is 3.95. The van der Waals surface area contributed by atoms with Gasteiger partial charge < -0.3 is 5.32 Å². The van der Waals surface area contributed by atoms with E-state index in [4.69, 9.17) is 0 Å². The number of piperidine rings is 1. The highest BCUT2D eigenvalue weighted by Crippen LogP contribution is 2.18. The number of nitrogens with zero attached hydrogens (tertiary/aromatic N) is 2. The lowest BCUT2D eigenvalue weighted by molar-refractivity contribution is 0.394. The lowest BCUT2D eigenvalue weighted by Gasteiger charge is -2.22. The Morgan fingerprint density at radius 1 is 1.29 bits per heavy atom. The second-order valence-electron chi connectivity index (χ2n) is 4.72. The van der Waals surface area contributed by atoms with Gasteiger partial charge in [-0.25, -0.2) is 9.97 Å². The molecule has 1 N–H and O–H groups in total. The molecule has 1 fully saturated rings. The average Bonchev–Trinajstić information content (AvgIpc) is 2.29. The van der Waals surface area contributed by atoms with E-state index in [9.17, 15) is 0 Å². The first-order valence-corrected chi connectivity index (χ1v) is 7.41. The number of nitrogens with one attached hydrogen (secondary N) is 1. The van der Waals surface area contributed by atoms with E-state index in [1.807, 2.05) is 19.9 Å². The summed E-state index contributed by atoms with van der Waals surface area (Å²) in [6.07, 6.45) is 5.27. The van der Waals surface area contributed by atoms with Crippen molar-refractivity contribution in [2.75, 3.05) is 12.3 Å². The number of rotatable bonds is 4. The summed E-state index contributed by atoms with van der Waals surface area (Å²) in [6.45, 7) is 5.25. The van der Waals surface area contributed by atoms with Crippen molar-refractivity contribution < 1.29 is 0 Å². The number of thioether (sulfide) groups is 1. The molecule has 1 saturated heterocycles. The highest BCUT2D eigenvalue weighted by molar-refractivity contribution is 7.99. The topological polar surface area (TPSA) is 37.8 Å². The van der Waals surface area contributed by atoms with Crippen LogP contribution in [0.5, 0.6) is 0 Å². The first kappa shape index (κ1) is 12.8. The minimum atomic E-state index is 0.710. The molecule has 0 bridgehead atoms. The molecule has 2 heterocycles. The molecule has 0 saturated carbocycles. The molecule has 94 valence electrons. The molecule has 0 amide bonds. The lowest BCUT2D eigenvalue weighted by Crippen LogP contribution is -2.34. The van der Waals surface area contributed by atoms with E-state index < -0.39 is 0 Å². The average molecular weight is 251 g/mol. The lowest BCUT2D eigenvalue weighted by atomic mass is 10.0. The molecule has 1 aromatic heterocycles. The third kappa shape index (κ3) is 4.28. The van der Waals surface area contributed by atoms with Crippen LogP contribution in [0.4, 0.5) is 0 Å². The van der Waals surface area contributed by atoms with Crippen molar-refractivity contribution in [2.45, 2.75) is 50.7 Å². The molecule has 3 nitrogen and oxygen atoms in total. The van der Waals surface area contributed by atoms with E-state index in [1.54, 1.807) is 11.8 Å². The predicted octanol–water partition coefficient (Wildman–Crippen LogP) is 2.72. The number of aromatic nitrogens is 2. The third-order valence-electron chi connectivity index (χ3n) is 3.07. The van der Waals surface area contributed by atoms with Crippen molar-refractivity contribution in [3.8, 4) is 0 Å². The van der Waals surface area contributed by atoms with Crippen LogP contribution < -0.4 is 5.32 Å². The first-order chi connectivity index (χ1) is 8.24. The van der Waals surface area contributed by atoms with Gasteiger partial charge in [-0.1, -0.05) is 18.2 Å². The van der Waals surface area contributed by atoms with Crippen LogP contribution in [0.2, 0.25) is 0 Å². The largest absolute Gasteiger partial charge is 0.314 e. The molecule has 1 unspecified atom stereocenters. The minimum absolute atomic E-state index is 0.710. The van der Waals surface area contributed by atoms with E-state index in [0.29, 0.717) is 6.04 Å². The van der Waals surface area contributed by atoms with E-state index in [1.165, 1.54) is 32.2 Å². The van der Waals surface area contributed by atoms with Gasteiger partial charge >= 0.3 is 0 Å². The summed E-state index contributed by atoms with van der Waals surface area (Å²) in [5.74, 6) is 1.11. The monoisotopic (exact) mass is 251 g/mol. The van der Waals surface area contributed by atoms with Crippen molar-refractivity contribution in [1.82, 2.24) is 15.3 Å². The Labute approximate surface area is 108 Å². The molecule has 17 heavy (non-hydrogen) atoms. The molecule has 2 rings (SSSR count). The first-order valence-electron chi connectivity index (χ1n) is 6.42. The maximum atomic E-state index is 4.45. The summed E-state index contributed by atoms with van der Waals surface area (Å²) < 4.78 is 0. The highest BCUT2D eigenvalue weighted by atomic mass is 32.2. The van der Waals surface area contributed by atoms with Gasteiger partial charge in [0.15, 0.2) is 5.16 Å². The van der Waals surface area contributed by atoms with E-state index in [0.717, 1.165) is 22.3 Å². The molecular weight excluding hydrogens is 230 g/mol. The fourth-order valence-corrected chi connectivity index (χ4v) is 3.22. The van der Waals surface area contributed by atoms with Crippen LogP contribution in [0.25, 0.3) is 0 Å². The quantitative estimate of drug-likeness (QED) is 0.659. The van der Waals surface area contributed by atoms with Crippen LogP contribution >= 0.6 is 11.8 Å². The van der Waals surface area contributed by atoms with Crippen LogP contribution in [0.15, 0.2) is 11.2 Å². The van der Waals surface area contributed by atoms with Crippen molar-refractivity contribution in [3.63, 3.8) is 0 Å². The van der Waals surface area contributed by atoms with Gasteiger partial charge in [0.1, 0.15) is 0 Å². The molecule has 4 heteroatoms. The van der Waals surface area contributed by atoms with Crippen LogP contribution in [0.1, 0.15) is 37.1 Å². The summed E-state index contributed by atoms with van der Waals surface area (Å²) in [5.41, 5.74) is 2.13. The number of hydrogen-bond donors (Lipinski definition) is 1. The number of hydrogen-bond acceptors (Lipinski definition) is 4. The molecular formula is C13H21N3S. The smallest absolute Gasteiger partial charge is 0.187 e. The molecule has 0 aromatic carbocycles. The molecule has 0 radical (unpaired) electrons. The molecule has 1 aromatic rings. The zero-order chi connectivity index (χ0) is 12.1. The normalized spacial score (nSPS) is 20.5. The zero-order valence-electron chi connectivity index (χ0n) is 10.7. The van der Waals surface area contributed by atoms with Gasteiger partial charge in [0.2, 0.25) is 0 Å². The van der Waals surface area contributed by atoms with Crippen LogP contribution in [-0.4, -0.2) is 28.3 Å². The van der Waals surface area contributed by atoms with Gasteiger partial charge in [-0.2, -0.15) is 0 Å². The molecule has 0 aliphatic carbocycles. The Hall–Kier alpha value is -0.610. The van der Waals surface area contributed by atoms with E-state index >= 15 is 0 Å². The Balaban J connectivity index is 1.77. The van der Waals surface area contributed by atoms with E-state index in [2.05, 4.69) is 15.3 Å². The summed E-state index contributed by atoms with van der Waals surface area (Å²) in [6, 6.07) is 2.73. The molecule has 1 aliphatic heterocycles. The van der Waals surface area contributed by atoms with E-state index in [-0.39, 0.29) is 0 Å². The standard InChI is InChI=1S/C13H21N3S/c1-10-9-11(2)16-13(15-10)17-8-6-12-5-3-4-7-14-12/h9,12,14H,3-8H2,1-2H3. The van der Waals surface area contributed by atoms with Gasteiger partial charge in [0.05, 0.1) is 0 Å². The van der Waals surface area contributed by atoms with Gasteiger partial charge in [-0.05, 0) is 45.7 Å². The Morgan fingerprint density at radius 3 is 2.71 bits per heavy atom. The van der Waals surface area contributed by atoms with Crippen molar-refractivity contribution in [2.24, 2.45) is 0 Å². The van der Waals surface area contributed by atoms with Gasteiger partial charge in [-0.3, -0.25) is 0 Å². The molecule has 1 atom stereocenters. The minimum Gasteiger partial charge on any atom is -0.314 e. The molecule has 0 spiro atoms. The van der Waals surface area contributed by atoms with Crippen molar-refractivity contribution in [1.29, 1.82) is 0 Å².